The number of nitrogens with one attached hydrogen (secondary N) is 10. The number of aromatic nitrogens is 6. The molecule has 0 radical (unpaired) electrons. The standard InChI is InChI=1S/C19H29N9O4.C12H20N6O2/c1-12-10-14(29)24-16(22-12)26-18(31)20-6-4-8-28(3)9-5-7-21-19(32)27-17-23-13(2)11-15(30)25-17;1-8-7-10(19)17-11(16-8)18-12(20)15-6-4-2-3-5-9(13)14/h10-11H,4-9H2,1-3H3,(H3,20,22,24,26,29,31)(H3,21,23,25,27,30,32);7H,2-6H2,1H3,(H3,13,14)(H3,15,16,17,18,19,20). The number of urea groups is 3. The monoisotopic (exact) mass is 727 g/mol. The third kappa shape index (κ3) is 19.2. The average molecular weight is 728 g/mol. The summed E-state index contributed by atoms with van der Waals surface area (Å²) in [5.74, 6) is 0.519. The molecule has 0 atom stereocenters. The van der Waals surface area contributed by atoms with E-state index in [0.717, 1.165) is 45.2 Å². The second-order valence-electron chi connectivity index (χ2n) is 11.7. The summed E-state index contributed by atoms with van der Waals surface area (Å²) in [5.41, 5.74) is 5.83. The summed E-state index contributed by atoms with van der Waals surface area (Å²) in [5, 5.41) is 22.6. The van der Waals surface area contributed by atoms with Crippen molar-refractivity contribution in [1.82, 2.24) is 50.8 Å². The largest absolute Gasteiger partial charge is 0.388 e. The van der Waals surface area contributed by atoms with E-state index in [4.69, 9.17) is 11.1 Å². The third-order valence-electron chi connectivity index (χ3n) is 6.72. The highest BCUT2D eigenvalue weighted by Crippen LogP contribution is 2.00. The number of nitrogens with zero attached hydrogens (tertiary/aromatic N) is 4. The second-order valence-corrected chi connectivity index (χ2v) is 11.7. The Morgan fingerprint density at radius 1 is 0.635 bits per heavy atom. The first kappa shape index (κ1) is 42.0. The highest BCUT2D eigenvalue weighted by atomic mass is 16.2. The number of H-pyrrole nitrogens is 3. The van der Waals surface area contributed by atoms with Gasteiger partial charge >= 0.3 is 18.1 Å². The topological polar surface area (TPSA) is 314 Å². The van der Waals surface area contributed by atoms with E-state index < -0.39 is 18.1 Å². The maximum Gasteiger partial charge on any atom is 0.321 e. The molecule has 0 aliphatic heterocycles. The number of amides is 6. The lowest BCUT2D eigenvalue weighted by Crippen LogP contribution is -2.34. The van der Waals surface area contributed by atoms with Gasteiger partial charge in [0.15, 0.2) is 0 Å². The lowest BCUT2D eigenvalue weighted by Gasteiger charge is -2.17. The number of rotatable bonds is 17. The molecule has 0 aliphatic rings. The number of amidine groups is 1. The lowest BCUT2D eigenvalue weighted by atomic mass is 10.2. The maximum absolute atomic E-state index is 11.9. The van der Waals surface area contributed by atoms with Crippen LogP contribution in [0.1, 0.15) is 55.6 Å². The molecular formula is C31H49N15O6. The van der Waals surface area contributed by atoms with Gasteiger partial charge in [-0.05, 0) is 66.6 Å². The van der Waals surface area contributed by atoms with Crippen molar-refractivity contribution in [3.8, 4) is 0 Å². The molecule has 52 heavy (non-hydrogen) atoms. The highest BCUT2D eigenvalue weighted by Gasteiger charge is 2.07. The van der Waals surface area contributed by atoms with Gasteiger partial charge in [-0.25, -0.2) is 29.3 Å². The van der Waals surface area contributed by atoms with Crippen molar-refractivity contribution in [1.29, 1.82) is 5.41 Å². The van der Waals surface area contributed by atoms with Crippen LogP contribution >= 0.6 is 0 Å². The molecule has 6 amide bonds. The number of aromatic amines is 3. The van der Waals surface area contributed by atoms with Gasteiger partial charge < -0.3 is 26.6 Å². The van der Waals surface area contributed by atoms with Crippen molar-refractivity contribution in [2.24, 2.45) is 5.73 Å². The van der Waals surface area contributed by atoms with Gasteiger partial charge in [0.2, 0.25) is 17.8 Å². The zero-order chi connectivity index (χ0) is 38.5. The van der Waals surface area contributed by atoms with Crippen LogP contribution in [0.3, 0.4) is 0 Å². The number of aryl methyl sites for hydroxylation is 3. The Hall–Kier alpha value is -6.12. The summed E-state index contributed by atoms with van der Waals surface area (Å²) < 4.78 is 0. The Bertz CT molecular complexity index is 1720. The van der Waals surface area contributed by atoms with Crippen molar-refractivity contribution in [2.45, 2.75) is 59.3 Å². The molecule has 0 unspecified atom stereocenters. The molecule has 0 aromatic carbocycles. The highest BCUT2D eigenvalue weighted by molar-refractivity contribution is 5.88. The van der Waals surface area contributed by atoms with Gasteiger partial charge in [0.05, 0.1) is 5.84 Å². The number of hydrogen-bond donors (Lipinski definition) is 11. The van der Waals surface area contributed by atoms with Gasteiger partial charge in [0.25, 0.3) is 16.7 Å². The quantitative estimate of drug-likeness (QED) is 0.0525. The first-order valence-electron chi connectivity index (χ1n) is 16.6. The summed E-state index contributed by atoms with van der Waals surface area (Å²) in [6.45, 7) is 7.93. The first-order chi connectivity index (χ1) is 24.7. The fourth-order valence-electron chi connectivity index (χ4n) is 4.40. The van der Waals surface area contributed by atoms with Gasteiger partial charge in [-0.15, -0.1) is 0 Å². The van der Waals surface area contributed by atoms with E-state index in [0.29, 0.717) is 43.1 Å². The van der Waals surface area contributed by atoms with Crippen LogP contribution in [0, 0.1) is 26.2 Å². The Morgan fingerprint density at radius 2 is 0.981 bits per heavy atom. The summed E-state index contributed by atoms with van der Waals surface area (Å²) in [7, 11) is 1.95. The van der Waals surface area contributed by atoms with Crippen molar-refractivity contribution >= 4 is 41.8 Å². The molecule has 0 saturated carbocycles. The molecule has 0 bridgehead atoms. The van der Waals surface area contributed by atoms with Crippen molar-refractivity contribution in [3.05, 3.63) is 66.3 Å². The fraction of sp³-hybridized carbons (Fsp3) is 0.484. The Labute approximate surface area is 299 Å². The number of nitrogens with two attached hydrogens (primary N) is 1. The number of unbranched alkanes of at least 4 members (excludes halogenated alkanes) is 2. The first-order valence-corrected chi connectivity index (χ1v) is 16.6. The van der Waals surface area contributed by atoms with Crippen LogP contribution in [0.4, 0.5) is 32.2 Å². The van der Waals surface area contributed by atoms with Crippen LogP contribution in [0.25, 0.3) is 0 Å². The zero-order valence-electron chi connectivity index (χ0n) is 29.8. The summed E-state index contributed by atoms with van der Waals surface area (Å²) in [4.78, 5) is 90.6. The Balaban J connectivity index is 0.000000402. The van der Waals surface area contributed by atoms with E-state index in [1.807, 2.05) is 7.05 Å². The molecule has 3 aromatic heterocycles. The summed E-state index contributed by atoms with van der Waals surface area (Å²) in [6, 6.07) is 2.72. The van der Waals surface area contributed by atoms with E-state index in [2.05, 4.69) is 66.7 Å². The van der Waals surface area contributed by atoms with Crippen LogP contribution < -0.4 is 54.3 Å². The lowest BCUT2D eigenvalue weighted by molar-refractivity contribution is 0.249. The fourth-order valence-corrected chi connectivity index (χ4v) is 4.40. The Morgan fingerprint density at radius 3 is 1.31 bits per heavy atom. The number of carbonyl (C=O) groups excluding carboxylic acids is 3. The smallest absolute Gasteiger partial charge is 0.321 e. The number of anilines is 3. The molecule has 0 fully saturated rings. The van der Waals surface area contributed by atoms with Crippen LogP contribution in [0.2, 0.25) is 0 Å². The van der Waals surface area contributed by atoms with Crippen LogP contribution in [0.15, 0.2) is 32.6 Å². The van der Waals surface area contributed by atoms with Gasteiger partial charge in [-0.3, -0.25) is 50.7 Å². The average Bonchev–Trinajstić information content (AvgIpc) is 3.02. The van der Waals surface area contributed by atoms with Crippen LogP contribution in [0.5, 0.6) is 0 Å². The summed E-state index contributed by atoms with van der Waals surface area (Å²) in [6.07, 6.45) is 4.56. The van der Waals surface area contributed by atoms with E-state index >= 15 is 0 Å². The SMILES string of the molecule is Cc1cc(=O)[nH]c(NC(=O)NCCCCCC(=N)N)n1.Cc1cc(=O)[nH]c(NC(=O)NCCCN(C)CCCNC(=O)Nc2nc(C)cc(=O)[nH]2)n1. The third-order valence-corrected chi connectivity index (χ3v) is 6.72. The number of carbonyl (C=O) groups is 3. The van der Waals surface area contributed by atoms with E-state index in [-0.39, 0.29) is 40.4 Å². The van der Waals surface area contributed by atoms with E-state index in [1.165, 1.54) is 18.2 Å². The molecule has 0 spiro atoms. The van der Waals surface area contributed by atoms with E-state index in [1.54, 1.807) is 20.8 Å². The molecule has 3 heterocycles. The second kappa shape index (κ2) is 22.6. The molecule has 0 saturated heterocycles. The predicted molar refractivity (Wildman–Crippen MR) is 197 cm³/mol. The molecule has 3 rings (SSSR count). The molecule has 21 nitrogen and oxygen atoms in total. The Kier molecular flexibility index (Phi) is 18.2. The maximum atomic E-state index is 11.9. The molecule has 21 heteroatoms. The van der Waals surface area contributed by atoms with Crippen molar-refractivity contribution in [3.63, 3.8) is 0 Å². The molecule has 12 N–H and O–H groups in total. The van der Waals surface area contributed by atoms with Gasteiger partial charge in [0, 0.05) is 61.3 Å². The molecule has 3 aromatic rings. The summed E-state index contributed by atoms with van der Waals surface area (Å²) >= 11 is 0. The minimum atomic E-state index is -0.443. The predicted octanol–water partition coefficient (Wildman–Crippen LogP) is 0.821. The number of hydrogen-bond acceptors (Lipinski definition) is 11. The van der Waals surface area contributed by atoms with Crippen LogP contribution in [-0.4, -0.2) is 98.5 Å². The molecule has 284 valence electrons. The van der Waals surface area contributed by atoms with Crippen LogP contribution in [-0.2, 0) is 0 Å². The molecule has 0 aliphatic carbocycles. The minimum absolute atomic E-state index is 0.102. The zero-order valence-corrected chi connectivity index (χ0v) is 29.8. The van der Waals surface area contributed by atoms with Gasteiger partial charge in [-0.2, -0.15) is 0 Å². The minimum Gasteiger partial charge on any atom is -0.388 e. The normalized spacial score (nSPS) is 10.4. The van der Waals surface area contributed by atoms with E-state index in [9.17, 15) is 28.8 Å². The van der Waals surface area contributed by atoms with Gasteiger partial charge in [0.1, 0.15) is 0 Å². The van der Waals surface area contributed by atoms with Crippen molar-refractivity contribution in [2.75, 3.05) is 55.7 Å². The van der Waals surface area contributed by atoms with Crippen molar-refractivity contribution < 1.29 is 14.4 Å². The van der Waals surface area contributed by atoms with Gasteiger partial charge in [-0.1, -0.05) is 6.42 Å². The molecular weight excluding hydrogens is 678 g/mol.